The first-order chi connectivity index (χ1) is 3.89. The van der Waals surface area contributed by atoms with Crippen molar-refractivity contribution in [3.63, 3.8) is 0 Å². The Morgan fingerprint density at radius 1 is 1.18 bits per heavy atom. The molecule has 11 heavy (non-hydrogen) atoms. The minimum atomic E-state index is -2.45. The maximum Gasteiger partial charge on any atom is 1.00 e. The maximum atomic E-state index is 9.79. The summed E-state index contributed by atoms with van der Waals surface area (Å²) in [6.07, 6.45) is 0. The maximum absolute atomic E-state index is 9.79. The van der Waals surface area contributed by atoms with Gasteiger partial charge >= 0.3 is 37.7 Å². The zero-order valence-electron chi connectivity index (χ0n) is 5.89. The number of carbonyl (C=O) groups excluding carboxylic acids is 2. The fourth-order valence-corrected chi connectivity index (χ4v) is 0.0833. The van der Waals surface area contributed by atoms with Crippen LogP contribution in [0.2, 0.25) is 0 Å². The molecule has 0 radical (unpaired) electrons. The largest absolute Gasteiger partial charge is 1.00 e. The number of carboxylic acid groups (broad SMARTS) is 2. The molecule has 0 bridgehead atoms. The van der Waals surface area contributed by atoms with E-state index in [2.05, 4.69) is 0 Å². The zero-order chi connectivity index (χ0) is 7.65. The topological polar surface area (TPSA) is 80.3 Å². The number of hydrogen-bond acceptors (Lipinski definition) is 4. The number of hydrogen-bond donors (Lipinski definition) is 0. The van der Waals surface area contributed by atoms with Crippen LogP contribution >= 0.6 is 34.2 Å². The first kappa shape index (κ1) is 18.0. The first-order valence-corrected chi connectivity index (χ1v) is 3.15. The molecule has 4 nitrogen and oxygen atoms in total. The van der Waals surface area contributed by atoms with E-state index in [9.17, 15) is 19.8 Å². The van der Waals surface area contributed by atoms with Crippen molar-refractivity contribution in [2.24, 2.45) is 0 Å². The third-order valence-electron chi connectivity index (χ3n) is 0.513. The second-order valence-electron chi connectivity index (χ2n) is 1.15. The van der Waals surface area contributed by atoms with Gasteiger partial charge in [-0.2, -0.15) is 0 Å². The van der Waals surface area contributed by atoms with Crippen molar-refractivity contribution in [2.45, 2.75) is 2.88 Å². The van der Waals surface area contributed by atoms with Crippen molar-refractivity contribution in [1.82, 2.24) is 0 Å². The Kier molecular flexibility index (Phi) is 10.9. The molecule has 0 fully saturated rings. The third-order valence-corrected chi connectivity index (χ3v) is 1.70. The molecular weight excluding hydrogens is 276 g/mol. The molecule has 0 aliphatic carbocycles. The van der Waals surface area contributed by atoms with E-state index in [1.54, 1.807) is 0 Å². The predicted molar refractivity (Wildman–Crippen MR) is 32.6 cm³/mol. The van der Waals surface area contributed by atoms with Crippen molar-refractivity contribution in [1.29, 1.82) is 0 Å². The van der Waals surface area contributed by atoms with E-state index in [0.29, 0.717) is 0 Å². The molecule has 0 spiro atoms. The van der Waals surface area contributed by atoms with E-state index < -0.39 is 14.8 Å². The van der Waals surface area contributed by atoms with Gasteiger partial charge in [-0.05, 0) is 22.6 Å². The molecule has 0 aliphatic rings. The van der Waals surface area contributed by atoms with Gasteiger partial charge in [0.25, 0.3) is 0 Å². The van der Waals surface area contributed by atoms with Gasteiger partial charge in [-0.1, -0.05) is 11.6 Å². The van der Waals surface area contributed by atoms with Crippen LogP contribution < -0.4 is 47.9 Å². The van der Waals surface area contributed by atoms with Gasteiger partial charge in [0.2, 0.25) is 0 Å². The molecule has 8 heteroatoms. The molecule has 0 saturated carbocycles. The SMILES string of the molecule is O=C([O-])C(Cl)(I)C(=O)[O-].[Li+].[Li+]. The number of rotatable bonds is 2. The van der Waals surface area contributed by atoms with Crippen LogP contribution in [0.4, 0.5) is 0 Å². The Labute approximate surface area is 106 Å². The van der Waals surface area contributed by atoms with Crippen LogP contribution in [-0.2, 0) is 9.59 Å². The second-order valence-corrected chi connectivity index (χ2v) is 3.97. The Bertz CT molecular complexity index is 145. The number of halogens is 2. The Hall–Kier alpha value is 1.15. The summed E-state index contributed by atoms with van der Waals surface area (Å²) in [6.45, 7) is 0. The Morgan fingerprint density at radius 3 is 1.36 bits per heavy atom. The number of aliphatic carboxylic acids is 2. The monoisotopic (exact) mass is 276 g/mol. The molecule has 0 atom stereocenters. The number of carboxylic acids is 2. The molecule has 0 aromatic carbocycles. The normalized spacial score (nSPS) is 8.91. The number of carbonyl (C=O) groups is 2. The standard InChI is InChI=1S/C3H2ClIO4.2Li/c4-3(5,1(6)7)2(8)9;;/h(H,6,7)(H,8,9);;/q;2*+1/p-2. The minimum Gasteiger partial charge on any atom is -0.547 e. The van der Waals surface area contributed by atoms with Crippen molar-refractivity contribution in [3.8, 4) is 0 Å². The van der Waals surface area contributed by atoms with Gasteiger partial charge in [-0.3, -0.25) is 0 Å². The minimum absolute atomic E-state index is 0. The molecule has 0 unspecified atom stereocenters. The summed E-state index contributed by atoms with van der Waals surface area (Å²) in [5.41, 5.74) is 0. The second kappa shape index (κ2) is 6.65. The molecule has 0 N–H and O–H groups in total. The fourth-order valence-electron chi connectivity index (χ4n) is 0.0833. The van der Waals surface area contributed by atoms with Gasteiger partial charge in [-0.15, -0.1) is 0 Å². The molecule has 0 saturated heterocycles. The summed E-state index contributed by atoms with van der Waals surface area (Å²) in [4.78, 5) is 19.6. The predicted octanol–water partition coefficient (Wildman–Crippen LogP) is -8.14. The van der Waals surface area contributed by atoms with Gasteiger partial charge in [0.15, 0.2) is 2.88 Å². The van der Waals surface area contributed by atoms with Crippen LogP contribution in [-0.4, -0.2) is 14.8 Å². The van der Waals surface area contributed by atoms with Crippen molar-refractivity contribution >= 4 is 46.1 Å². The molecule has 0 aromatic rings. The van der Waals surface area contributed by atoms with Gasteiger partial charge in [-0.25, -0.2) is 0 Å². The van der Waals surface area contributed by atoms with E-state index in [4.69, 9.17) is 11.6 Å². The van der Waals surface area contributed by atoms with Crippen LogP contribution in [0, 0.1) is 0 Å². The Morgan fingerprint density at radius 2 is 1.36 bits per heavy atom. The number of alkyl halides is 2. The average molecular weight is 276 g/mol. The summed E-state index contributed by atoms with van der Waals surface area (Å²) >= 11 is 5.87. The molecule has 0 rings (SSSR count). The van der Waals surface area contributed by atoms with Gasteiger partial charge in [0, 0.05) is 0 Å². The van der Waals surface area contributed by atoms with Crippen molar-refractivity contribution < 1.29 is 57.5 Å². The van der Waals surface area contributed by atoms with E-state index >= 15 is 0 Å². The van der Waals surface area contributed by atoms with E-state index in [0.717, 1.165) is 22.6 Å². The summed E-state index contributed by atoms with van der Waals surface area (Å²) in [7, 11) is 0. The van der Waals surface area contributed by atoms with Crippen LogP contribution in [0.3, 0.4) is 0 Å². The van der Waals surface area contributed by atoms with Gasteiger partial charge < -0.3 is 19.8 Å². The van der Waals surface area contributed by atoms with Crippen LogP contribution in [0.1, 0.15) is 0 Å². The molecule has 52 valence electrons. The summed E-state index contributed by atoms with van der Waals surface area (Å²) < 4.78 is -2.45. The van der Waals surface area contributed by atoms with E-state index in [1.165, 1.54) is 0 Å². The van der Waals surface area contributed by atoms with Crippen molar-refractivity contribution in [3.05, 3.63) is 0 Å². The van der Waals surface area contributed by atoms with Crippen molar-refractivity contribution in [2.75, 3.05) is 0 Å². The fraction of sp³-hybridized carbons (Fsp3) is 0.333. The summed E-state index contributed by atoms with van der Waals surface area (Å²) in [5.74, 6) is -3.77. The third kappa shape index (κ3) is 5.40. The van der Waals surface area contributed by atoms with Crippen LogP contribution in [0.5, 0.6) is 0 Å². The van der Waals surface area contributed by atoms with Crippen LogP contribution in [0.25, 0.3) is 0 Å². The molecule has 0 heterocycles. The average Bonchev–Trinajstić information content (AvgIpc) is 1.65. The summed E-state index contributed by atoms with van der Waals surface area (Å²) in [5, 5.41) is 19.6. The first-order valence-electron chi connectivity index (χ1n) is 1.69. The smallest absolute Gasteiger partial charge is 0.547 e. The van der Waals surface area contributed by atoms with Gasteiger partial charge in [0.05, 0.1) is 11.9 Å². The Balaban J connectivity index is -0.000000320. The van der Waals surface area contributed by atoms with E-state index in [-0.39, 0.29) is 37.7 Å². The van der Waals surface area contributed by atoms with Crippen LogP contribution in [0.15, 0.2) is 0 Å². The molecule has 0 aliphatic heterocycles. The quantitative estimate of drug-likeness (QED) is 0.217. The molecule has 0 aromatic heterocycles. The summed E-state index contributed by atoms with van der Waals surface area (Å²) in [6, 6.07) is 0. The zero-order valence-corrected chi connectivity index (χ0v) is 8.80. The van der Waals surface area contributed by atoms with E-state index in [1.807, 2.05) is 0 Å². The molecule has 0 amide bonds. The molecular formula is C3ClILi2O4. The van der Waals surface area contributed by atoms with Gasteiger partial charge in [0.1, 0.15) is 0 Å².